The fraction of sp³-hybridized carbons (Fsp3) is 0.500. The molecule has 0 spiro atoms. The van der Waals surface area contributed by atoms with Crippen LogP contribution in [0.5, 0.6) is 0 Å². The highest BCUT2D eigenvalue weighted by atomic mass is 35.5. The Balaban J connectivity index is 2.50. The minimum atomic E-state index is 0.297. The topological polar surface area (TPSA) is 26.0 Å². The molecule has 0 aliphatic rings. The van der Waals surface area contributed by atoms with Crippen LogP contribution in [-0.4, -0.2) is 6.04 Å². The third-order valence-electron chi connectivity index (χ3n) is 2.59. The molecule has 0 saturated carbocycles. The predicted molar refractivity (Wildman–Crippen MR) is 67.7 cm³/mol. The van der Waals surface area contributed by atoms with Crippen molar-refractivity contribution in [1.29, 1.82) is 0 Å². The second-order valence-electron chi connectivity index (χ2n) is 3.76. The molecule has 0 amide bonds. The first-order valence-electron chi connectivity index (χ1n) is 5.33. The molecule has 2 N–H and O–H groups in total. The molecule has 1 nitrogen and oxygen atoms in total. The van der Waals surface area contributed by atoms with E-state index in [2.05, 4.69) is 6.92 Å². The monoisotopic (exact) mass is 245 g/mol. The van der Waals surface area contributed by atoms with E-state index in [1.807, 2.05) is 18.2 Å². The zero-order valence-electron chi connectivity index (χ0n) is 8.97. The van der Waals surface area contributed by atoms with E-state index in [9.17, 15) is 0 Å². The highest BCUT2D eigenvalue weighted by molar-refractivity contribution is 6.35. The van der Waals surface area contributed by atoms with Crippen LogP contribution in [0.4, 0.5) is 0 Å². The number of hydrogen-bond donors (Lipinski definition) is 1. The first kappa shape index (κ1) is 12.8. The van der Waals surface area contributed by atoms with Gasteiger partial charge >= 0.3 is 0 Å². The van der Waals surface area contributed by atoms with Crippen LogP contribution in [0, 0.1) is 0 Å². The standard InChI is InChI=1S/C12H17Cl2N/c1-2-9(15)5-3-6-10-11(13)7-4-8-12(10)14/h4,7-9H,2-3,5-6,15H2,1H3. The molecule has 0 bridgehead atoms. The number of hydrogen-bond acceptors (Lipinski definition) is 1. The van der Waals surface area contributed by atoms with Gasteiger partial charge in [-0.3, -0.25) is 0 Å². The molecular weight excluding hydrogens is 229 g/mol. The summed E-state index contributed by atoms with van der Waals surface area (Å²) in [5, 5.41) is 1.51. The van der Waals surface area contributed by atoms with E-state index >= 15 is 0 Å². The molecule has 1 rings (SSSR count). The van der Waals surface area contributed by atoms with E-state index < -0.39 is 0 Å². The molecule has 0 radical (unpaired) electrons. The van der Waals surface area contributed by atoms with Gasteiger partial charge in [-0.15, -0.1) is 0 Å². The van der Waals surface area contributed by atoms with Crippen molar-refractivity contribution in [1.82, 2.24) is 0 Å². The second-order valence-corrected chi connectivity index (χ2v) is 4.58. The number of benzene rings is 1. The second kappa shape index (κ2) is 6.37. The van der Waals surface area contributed by atoms with Crippen molar-refractivity contribution >= 4 is 23.2 Å². The van der Waals surface area contributed by atoms with Gasteiger partial charge in [0.1, 0.15) is 0 Å². The van der Waals surface area contributed by atoms with Gasteiger partial charge in [0.05, 0.1) is 0 Å². The maximum absolute atomic E-state index is 6.06. The maximum atomic E-state index is 6.06. The highest BCUT2D eigenvalue weighted by Crippen LogP contribution is 2.25. The zero-order chi connectivity index (χ0) is 11.3. The van der Waals surface area contributed by atoms with Crippen LogP contribution in [0.2, 0.25) is 10.0 Å². The van der Waals surface area contributed by atoms with Crippen molar-refractivity contribution < 1.29 is 0 Å². The van der Waals surface area contributed by atoms with Crippen molar-refractivity contribution in [3.63, 3.8) is 0 Å². The lowest BCUT2D eigenvalue weighted by molar-refractivity contribution is 0.568. The van der Waals surface area contributed by atoms with Crippen molar-refractivity contribution in [3.05, 3.63) is 33.8 Å². The quantitative estimate of drug-likeness (QED) is 0.833. The van der Waals surface area contributed by atoms with Crippen LogP contribution in [-0.2, 0) is 6.42 Å². The summed E-state index contributed by atoms with van der Waals surface area (Å²) in [5.74, 6) is 0. The summed E-state index contributed by atoms with van der Waals surface area (Å²) in [4.78, 5) is 0. The predicted octanol–water partition coefficient (Wildman–Crippen LogP) is 4.05. The van der Waals surface area contributed by atoms with Gasteiger partial charge in [0.25, 0.3) is 0 Å². The molecule has 0 heterocycles. The molecule has 3 heteroatoms. The SMILES string of the molecule is CCC(N)CCCc1c(Cl)cccc1Cl. The Kier molecular flexibility index (Phi) is 5.44. The molecule has 15 heavy (non-hydrogen) atoms. The van der Waals surface area contributed by atoms with Crippen molar-refractivity contribution in [2.75, 3.05) is 0 Å². The van der Waals surface area contributed by atoms with Gasteiger partial charge in [0, 0.05) is 16.1 Å². The summed E-state index contributed by atoms with van der Waals surface area (Å²) < 4.78 is 0. The summed E-state index contributed by atoms with van der Waals surface area (Å²) in [6, 6.07) is 5.92. The third kappa shape index (κ3) is 4.02. The fourth-order valence-electron chi connectivity index (χ4n) is 1.52. The Morgan fingerprint density at radius 3 is 2.40 bits per heavy atom. The lowest BCUT2D eigenvalue weighted by atomic mass is 10.0. The Labute approximate surface area is 102 Å². The summed E-state index contributed by atoms with van der Waals surface area (Å²) in [6.45, 7) is 2.10. The molecule has 0 saturated heterocycles. The normalized spacial score (nSPS) is 12.8. The van der Waals surface area contributed by atoms with Gasteiger partial charge in [-0.2, -0.15) is 0 Å². The van der Waals surface area contributed by atoms with Crippen molar-refractivity contribution in [2.45, 2.75) is 38.6 Å². The van der Waals surface area contributed by atoms with Crippen molar-refractivity contribution in [3.8, 4) is 0 Å². The third-order valence-corrected chi connectivity index (χ3v) is 3.30. The number of nitrogens with two attached hydrogens (primary N) is 1. The molecule has 84 valence electrons. The largest absolute Gasteiger partial charge is 0.328 e. The molecule has 1 aromatic rings. The van der Waals surface area contributed by atoms with Gasteiger partial charge in [-0.1, -0.05) is 36.2 Å². The zero-order valence-corrected chi connectivity index (χ0v) is 10.5. The van der Waals surface area contributed by atoms with Gasteiger partial charge in [0.15, 0.2) is 0 Å². The average molecular weight is 246 g/mol. The first-order chi connectivity index (χ1) is 7.15. The van der Waals surface area contributed by atoms with Gasteiger partial charge < -0.3 is 5.73 Å². The molecule has 0 fully saturated rings. The molecular formula is C12H17Cl2N. The van der Waals surface area contributed by atoms with E-state index in [1.165, 1.54) is 0 Å². The summed E-state index contributed by atoms with van der Waals surface area (Å²) >= 11 is 12.1. The van der Waals surface area contributed by atoms with E-state index in [-0.39, 0.29) is 0 Å². The summed E-state index contributed by atoms with van der Waals surface area (Å²) in [7, 11) is 0. The van der Waals surface area contributed by atoms with Gasteiger partial charge in [0.2, 0.25) is 0 Å². The number of rotatable bonds is 5. The van der Waals surface area contributed by atoms with Crippen LogP contribution >= 0.6 is 23.2 Å². The molecule has 1 atom stereocenters. The maximum Gasteiger partial charge on any atom is 0.0452 e. The Morgan fingerprint density at radius 2 is 1.87 bits per heavy atom. The van der Waals surface area contributed by atoms with Crippen LogP contribution in [0.1, 0.15) is 31.7 Å². The molecule has 0 aliphatic heterocycles. The highest BCUT2D eigenvalue weighted by Gasteiger charge is 2.06. The molecule has 0 aliphatic carbocycles. The summed E-state index contributed by atoms with van der Waals surface area (Å²) in [6.07, 6.45) is 4.00. The van der Waals surface area contributed by atoms with Gasteiger partial charge in [-0.05, 0) is 43.4 Å². The average Bonchev–Trinajstić information content (AvgIpc) is 2.22. The van der Waals surface area contributed by atoms with Crippen LogP contribution in [0.25, 0.3) is 0 Å². The Hall–Kier alpha value is -0.240. The van der Waals surface area contributed by atoms with Crippen LogP contribution in [0.15, 0.2) is 18.2 Å². The van der Waals surface area contributed by atoms with Crippen LogP contribution < -0.4 is 5.73 Å². The lowest BCUT2D eigenvalue weighted by Gasteiger charge is -2.10. The minimum absolute atomic E-state index is 0.297. The van der Waals surface area contributed by atoms with E-state index in [0.717, 1.165) is 41.3 Å². The Morgan fingerprint density at radius 1 is 1.27 bits per heavy atom. The molecule has 1 unspecified atom stereocenters. The van der Waals surface area contributed by atoms with Gasteiger partial charge in [-0.25, -0.2) is 0 Å². The first-order valence-corrected chi connectivity index (χ1v) is 6.09. The van der Waals surface area contributed by atoms with E-state index in [0.29, 0.717) is 6.04 Å². The molecule has 0 aromatic heterocycles. The molecule has 1 aromatic carbocycles. The number of halogens is 2. The van der Waals surface area contributed by atoms with Crippen molar-refractivity contribution in [2.24, 2.45) is 5.73 Å². The Bertz CT molecular complexity index is 292. The van der Waals surface area contributed by atoms with E-state index in [1.54, 1.807) is 0 Å². The summed E-state index contributed by atoms with van der Waals surface area (Å²) in [5.41, 5.74) is 6.89. The fourth-order valence-corrected chi connectivity index (χ4v) is 2.10. The van der Waals surface area contributed by atoms with Crippen LogP contribution in [0.3, 0.4) is 0 Å². The minimum Gasteiger partial charge on any atom is -0.328 e. The van der Waals surface area contributed by atoms with E-state index in [4.69, 9.17) is 28.9 Å². The lowest BCUT2D eigenvalue weighted by Crippen LogP contribution is -2.18. The smallest absolute Gasteiger partial charge is 0.0452 e.